The Morgan fingerprint density at radius 1 is 1.30 bits per heavy atom. The van der Waals surface area contributed by atoms with Crippen LogP contribution in [0.25, 0.3) is 0 Å². The first kappa shape index (κ1) is 20.8. The molecule has 1 saturated heterocycles. The molecule has 0 aliphatic carbocycles. The number of fused-ring (bicyclic) bond motifs is 1. The minimum atomic E-state index is -0.622. The molecule has 0 bridgehead atoms. The molecule has 1 amide bonds. The number of aryl methyl sites for hydroxylation is 1. The van der Waals surface area contributed by atoms with Gasteiger partial charge in [0, 0.05) is 58.5 Å². The average molecular weight is 414 g/mol. The Morgan fingerprint density at radius 3 is 2.87 bits per heavy atom. The van der Waals surface area contributed by atoms with Gasteiger partial charge < -0.3 is 20.5 Å². The van der Waals surface area contributed by atoms with Crippen LogP contribution in [-0.4, -0.2) is 70.7 Å². The van der Waals surface area contributed by atoms with Crippen LogP contribution in [-0.2, 0) is 24.8 Å². The van der Waals surface area contributed by atoms with Gasteiger partial charge in [-0.2, -0.15) is 5.10 Å². The molecule has 3 N–H and O–H groups in total. The molecular weight excluding hydrogens is 382 g/mol. The molecule has 8 heteroatoms. The zero-order valence-corrected chi connectivity index (χ0v) is 17.5. The van der Waals surface area contributed by atoms with Gasteiger partial charge >= 0.3 is 0 Å². The second-order valence-corrected chi connectivity index (χ2v) is 8.19. The van der Waals surface area contributed by atoms with Gasteiger partial charge in [-0.05, 0) is 30.4 Å². The second kappa shape index (κ2) is 9.59. The highest BCUT2D eigenvalue weighted by Gasteiger charge is 2.21. The molecule has 8 nitrogen and oxygen atoms in total. The van der Waals surface area contributed by atoms with Gasteiger partial charge in [-0.15, -0.1) is 0 Å². The lowest BCUT2D eigenvalue weighted by Crippen LogP contribution is -2.42. The van der Waals surface area contributed by atoms with Crippen molar-refractivity contribution >= 4 is 11.7 Å². The molecule has 2 aromatic rings. The van der Waals surface area contributed by atoms with Crippen LogP contribution in [0.15, 0.2) is 30.3 Å². The number of aliphatic hydroxyl groups is 1. The number of hydrogen-bond donors (Lipinski definition) is 3. The van der Waals surface area contributed by atoms with E-state index in [-0.39, 0.29) is 12.5 Å². The molecule has 1 fully saturated rings. The summed E-state index contributed by atoms with van der Waals surface area (Å²) in [5, 5.41) is 21.0. The molecule has 162 valence electrons. The zero-order chi connectivity index (χ0) is 20.9. The van der Waals surface area contributed by atoms with Crippen molar-refractivity contribution in [1.29, 1.82) is 0 Å². The standard InChI is InChI=1S/C22H31N5O3/c1-26-21(24-18-7-10-30-11-8-18)12-20(25-26)22(29)23-13-19(28)15-27-9-6-16-4-2-3-5-17(16)14-27/h2-5,12,18-19,24,28H,6-11,13-15H2,1H3,(H,23,29). The van der Waals surface area contributed by atoms with Gasteiger partial charge in [0.25, 0.3) is 5.91 Å². The summed E-state index contributed by atoms with van der Waals surface area (Å²) in [4.78, 5) is 14.7. The first-order chi connectivity index (χ1) is 14.6. The maximum atomic E-state index is 12.5. The monoisotopic (exact) mass is 413 g/mol. The van der Waals surface area contributed by atoms with Gasteiger partial charge in [0.05, 0.1) is 6.10 Å². The minimum Gasteiger partial charge on any atom is -0.390 e. The Labute approximate surface area is 177 Å². The number of rotatable bonds is 7. The molecule has 4 rings (SSSR count). The summed E-state index contributed by atoms with van der Waals surface area (Å²) >= 11 is 0. The number of nitrogens with zero attached hydrogens (tertiary/aromatic N) is 3. The van der Waals surface area contributed by atoms with Crippen molar-refractivity contribution in [2.45, 2.75) is 38.0 Å². The number of β-amino-alcohol motifs (C(OH)–C–C–N with tert-alkyl or cyclic N) is 1. The van der Waals surface area contributed by atoms with Crippen LogP contribution in [0.1, 0.15) is 34.5 Å². The Hall–Kier alpha value is -2.42. The molecule has 3 heterocycles. The highest BCUT2D eigenvalue weighted by Crippen LogP contribution is 2.19. The lowest BCUT2D eigenvalue weighted by molar-refractivity contribution is 0.0837. The Morgan fingerprint density at radius 2 is 2.07 bits per heavy atom. The number of carbonyl (C=O) groups excluding carboxylic acids is 1. The van der Waals surface area contributed by atoms with Gasteiger partial charge in [0.15, 0.2) is 5.69 Å². The van der Waals surface area contributed by atoms with E-state index in [1.54, 1.807) is 10.7 Å². The lowest BCUT2D eigenvalue weighted by atomic mass is 10.00. The predicted molar refractivity (Wildman–Crippen MR) is 114 cm³/mol. The third kappa shape index (κ3) is 5.19. The van der Waals surface area contributed by atoms with Crippen molar-refractivity contribution in [1.82, 2.24) is 20.0 Å². The smallest absolute Gasteiger partial charge is 0.271 e. The quantitative estimate of drug-likeness (QED) is 0.631. The number of carbonyl (C=O) groups is 1. The number of nitrogens with one attached hydrogen (secondary N) is 2. The fraction of sp³-hybridized carbons (Fsp3) is 0.545. The third-order valence-corrected chi connectivity index (χ3v) is 5.86. The van der Waals surface area contributed by atoms with Crippen molar-refractivity contribution in [3.8, 4) is 0 Å². The maximum absolute atomic E-state index is 12.5. The van der Waals surface area contributed by atoms with E-state index in [1.165, 1.54) is 11.1 Å². The number of amides is 1. The van der Waals surface area contributed by atoms with E-state index in [1.807, 2.05) is 7.05 Å². The number of aliphatic hydroxyl groups excluding tert-OH is 1. The van der Waals surface area contributed by atoms with Crippen molar-refractivity contribution in [2.24, 2.45) is 7.05 Å². The minimum absolute atomic E-state index is 0.205. The molecule has 2 aliphatic rings. The van der Waals surface area contributed by atoms with Gasteiger partial charge in [0.2, 0.25) is 0 Å². The van der Waals surface area contributed by atoms with Crippen LogP contribution in [0.4, 0.5) is 5.82 Å². The second-order valence-electron chi connectivity index (χ2n) is 8.19. The van der Waals surface area contributed by atoms with E-state index in [9.17, 15) is 9.90 Å². The highest BCUT2D eigenvalue weighted by atomic mass is 16.5. The predicted octanol–water partition coefficient (Wildman–Crippen LogP) is 1.16. The van der Waals surface area contributed by atoms with Crippen molar-refractivity contribution in [2.75, 3.05) is 38.2 Å². The zero-order valence-electron chi connectivity index (χ0n) is 17.5. The summed E-state index contributed by atoms with van der Waals surface area (Å²) in [5.41, 5.74) is 3.06. The Balaban J connectivity index is 1.25. The molecule has 1 aromatic carbocycles. The molecule has 0 radical (unpaired) electrons. The topological polar surface area (TPSA) is 91.7 Å². The molecule has 1 aromatic heterocycles. The normalized spacial score (nSPS) is 18.6. The Kier molecular flexibility index (Phi) is 6.66. The summed E-state index contributed by atoms with van der Waals surface area (Å²) in [6.45, 7) is 4.00. The summed E-state index contributed by atoms with van der Waals surface area (Å²) in [7, 11) is 1.82. The third-order valence-electron chi connectivity index (χ3n) is 5.86. The highest BCUT2D eigenvalue weighted by molar-refractivity contribution is 5.93. The summed E-state index contributed by atoms with van der Waals surface area (Å²) in [5.74, 6) is 0.549. The van der Waals surface area contributed by atoms with Crippen LogP contribution in [0.3, 0.4) is 0 Å². The maximum Gasteiger partial charge on any atom is 0.271 e. The van der Waals surface area contributed by atoms with E-state index < -0.39 is 6.10 Å². The largest absolute Gasteiger partial charge is 0.390 e. The number of benzene rings is 1. The van der Waals surface area contributed by atoms with E-state index >= 15 is 0 Å². The molecular formula is C22H31N5O3. The van der Waals surface area contributed by atoms with Crippen molar-refractivity contribution in [3.05, 3.63) is 47.2 Å². The number of aromatic nitrogens is 2. The number of ether oxygens (including phenoxy) is 1. The molecule has 0 spiro atoms. The lowest BCUT2D eigenvalue weighted by Gasteiger charge is -2.30. The van der Waals surface area contributed by atoms with E-state index in [0.717, 1.165) is 51.4 Å². The van der Waals surface area contributed by atoms with Gasteiger partial charge in [0.1, 0.15) is 5.82 Å². The summed E-state index contributed by atoms with van der Waals surface area (Å²) < 4.78 is 7.07. The molecule has 2 aliphatic heterocycles. The molecule has 0 saturated carbocycles. The van der Waals surface area contributed by atoms with Gasteiger partial charge in [-0.1, -0.05) is 24.3 Å². The molecule has 1 atom stereocenters. The van der Waals surface area contributed by atoms with E-state index in [2.05, 4.69) is 44.9 Å². The SMILES string of the molecule is Cn1nc(C(=O)NCC(O)CN2CCc3ccccc3C2)cc1NC1CCOCC1. The van der Waals surface area contributed by atoms with Crippen LogP contribution in [0, 0.1) is 0 Å². The summed E-state index contributed by atoms with van der Waals surface area (Å²) in [6.07, 6.45) is 2.26. The van der Waals surface area contributed by atoms with Gasteiger partial charge in [-0.3, -0.25) is 14.4 Å². The first-order valence-corrected chi connectivity index (χ1v) is 10.7. The van der Waals surface area contributed by atoms with E-state index in [0.29, 0.717) is 18.3 Å². The number of anilines is 1. The van der Waals surface area contributed by atoms with E-state index in [4.69, 9.17) is 4.74 Å². The van der Waals surface area contributed by atoms with Crippen LogP contribution in [0.5, 0.6) is 0 Å². The fourth-order valence-corrected chi connectivity index (χ4v) is 4.14. The van der Waals surface area contributed by atoms with Crippen molar-refractivity contribution in [3.63, 3.8) is 0 Å². The average Bonchev–Trinajstić information content (AvgIpc) is 3.13. The van der Waals surface area contributed by atoms with Crippen LogP contribution >= 0.6 is 0 Å². The van der Waals surface area contributed by atoms with Crippen LogP contribution < -0.4 is 10.6 Å². The Bertz CT molecular complexity index is 862. The first-order valence-electron chi connectivity index (χ1n) is 10.7. The van der Waals surface area contributed by atoms with Crippen LogP contribution in [0.2, 0.25) is 0 Å². The fourth-order valence-electron chi connectivity index (χ4n) is 4.14. The molecule has 30 heavy (non-hydrogen) atoms. The summed E-state index contributed by atoms with van der Waals surface area (Å²) in [6, 6.07) is 10.5. The van der Waals surface area contributed by atoms with Gasteiger partial charge in [-0.25, -0.2) is 0 Å². The number of hydrogen-bond acceptors (Lipinski definition) is 6. The van der Waals surface area contributed by atoms with Crippen molar-refractivity contribution < 1.29 is 14.6 Å². The molecule has 1 unspecified atom stereocenters.